The maximum absolute atomic E-state index is 12.2. The molecule has 0 radical (unpaired) electrons. The lowest BCUT2D eigenvalue weighted by Crippen LogP contribution is -2.30. The highest BCUT2D eigenvalue weighted by molar-refractivity contribution is 9.10. The Labute approximate surface area is 133 Å². The van der Waals surface area contributed by atoms with Crippen molar-refractivity contribution in [3.05, 3.63) is 58.1 Å². The molecule has 0 aliphatic carbocycles. The van der Waals surface area contributed by atoms with Crippen LogP contribution in [0, 0.1) is 13.8 Å². The molecular weight excluding hydrogens is 330 g/mol. The van der Waals surface area contributed by atoms with Gasteiger partial charge >= 0.3 is 0 Å². The van der Waals surface area contributed by atoms with Gasteiger partial charge in [0.05, 0.1) is 0 Å². The number of halogens is 1. The van der Waals surface area contributed by atoms with E-state index in [-0.39, 0.29) is 5.91 Å². The molecule has 0 bridgehead atoms. The molecule has 0 saturated heterocycles. The zero-order valence-corrected chi connectivity index (χ0v) is 13.9. The molecule has 0 aromatic heterocycles. The summed E-state index contributed by atoms with van der Waals surface area (Å²) in [5, 5.41) is 2.91. The highest BCUT2D eigenvalue weighted by Crippen LogP contribution is 2.19. The van der Waals surface area contributed by atoms with E-state index in [2.05, 4.69) is 21.2 Å². The predicted octanol–water partition coefficient (Wildman–Crippen LogP) is 4.47. The minimum Gasteiger partial charge on any atom is -0.481 e. The fourth-order valence-electron chi connectivity index (χ4n) is 1.88. The van der Waals surface area contributed by atoms with Crippen LogP contribution in [0.5, 0.6) is 5.75 Å². The number of hydrogen-bond donors (Lipinski definition) is 1. The van der Waals surface area contributed by atoms with E-state index in [1.165, 1.54) is 0 Å². The van der Waals surface area contributed by atoms with Crippen molar-refractivity contribution in [1.82, 2.24) is 0 Å². The largest absolute Gasteiger partial charge is 0.481 e. The number of aryl methyl sites for hydroxylation is 2. The van der Waals surface area contributed by atoms with Crippen LogP contribution in [0.1, 0.15) is 18.1 Å². The van der Waals surface area contributed by atoms with Gasteiger partial charge in [0.1, 0.15) is 5.75 Å². The quantitative estimate of drug-likeness (QED) is 0.885. The van der Waals surface area contributed by atoms with Gasteiger partial charge < -0.3 is 10.1 Å². The number of benzene rings is 2. The van der Waals surface area contributed by atoms with Crippen LogP contribution in [0.3, 0.4) is 0 Å². The topological polar surface area (TPSA) is 38.3 Å². The first-order chi connectivity index (χ1) is 9.95. The minimum absolute atomic E-state index is 0.161. The molecule has 3 nitrogen and oxygen atoms in total. The Hall–Kier alpha value is -1.81. The Balaban J connectivity index is 2.02. The van der Waals surface area contributed by atoms with Gasteiger partial charge in [-0.1, -0.05) is 28.1 Å². The summed E-state index contributed by atoms with van der Waals surface area (Å²) in [4.78, 5) is 12.2. The predicted molar refractivity (Wildman–Crippen MR) is 88.8 cm³/mol. The molecule has 1 atom stereocenters. The van der Waals surface area contributed by atoms with E-state index in [0.29, 0.717) is 5.75 Å². The number of nitrogens with one attached hydrogen (secondary N) is 1. The Morgan fingerprint density at radius 2 is 1.81 bits per heavy atom. The minimum atomic E-state index is -0.564. The average molecular weight is 348 g/mol. The lowest BCUT2D eigenvalue weighted by atomic mass is 10.1. The Kier molecular flexibility index (Phi) is 5.02. The lowest BCUT2D eigenvalue weighted by Gasteiger charge is -2.16. The van der Waals surface area contributed by atoms with Gasteiger partial charge in [0.2, 0.25) is 0 Å². The van der Waals surface area contributed by atoms with Gasteiger partial charge in [-0.25, -0.2) is 0 Å². The first kappa shape index (κ1) is 15.6. The van der Waals surface area contributed by atoms with E-state index in [1.54, 1.807) is 6.92 Å². The maximum Gasteiger partial charge on any atom is 0.265 e. The van der Waals surface area contributed by atoms with Crippen LogP contribution in [0.4, 0.5) is 5.69 Å². The van der Waals surface area contributed by atoms with Crippen molar-refractivity contribution in [2.75, 3.05) is 5.32 Å². The Morgan fingerprint density at radius 3 is 2.48 bits per heavy atom. The van der Waals surface area contributed by atoms with Crippen molar-refractivity contribution >= 4 is 27.5 Å². The molecule has 4 heteroatoms. The summed E-state index contributed by atoms with van der Waals surface area (Å²) in [6.45, 7) is 5.70. The summed E-state index contributed by atoms with van der Waals surface area (Å²) in [6, 6.07) is 13.4. The average Bonchev–Trinajstić information content (AvgIpc) is 2.45. The van der Waals surface area contributed by atoms with Crippen molar-refractivity contribution in [3.8, 4) is 5.75 Å². The van der Waals surface area contributed by atoms with Gasteiger partial charge in [0, 0.05) is 10.2 Å². The second-order valence-electron chi connectivity index (χ2n) is 5.02. The molecule has 0 saturated carbocycles. The van der Waals surface area contributed by atoms with E-state index in [0.717, 1.165) is 21.3 Å². The molecule has 2 rings (SSSR count). The maximum atomic E-state index is 12.2. The number of carbonyl (C=O) groups is 1. The molecular formula is C17H18BrNO2. The van der Waals surface area contributed by atoms with Gasteiger partial charge in [-0.15, -0.1) is 0 Å². The molecule has 1 amide bonds. The number of rotatable bonds is 4. The second-order valence-corrected chi connectivity index (χ2v) is 5.94. The number of hydrogen-bond acceptors (Lipinski definition) is 2. The highest BCUT2D eigenvalue weighted by atomic mass is 79.9. The van der Waals surface area contributed by atoms with Crippen LogP contribution < -0.4 is 10.1 Å². The molecule has 1 unspecified atom stereocenters. The number of anilines is 1. The van der Waals surface area contributed by atoms with E-state index < -0.39 is 6.10 Å². The van der Waals surface area contributed by atoms with Gasteiger partial charge in [0.15, 0.2) is 6.10 Å². The first-order valence-corrected chi connectivity index (χ1v) is 7.55. The summed E-state index contributed by atoms with van der Waals surface area (Å²) in [5.41, 5.74) is 2.97. The standard InChI is InChI=1S/C17H18BrNO2/c1-11-4-5-12(2)16(10-11)19-17(20)13(3)21-15-8-6-14(18)7-9-15/h4-10,13H,1-3H3,(H,19,20). The van der Waals surface area contributed by atoms with Crippen LogP contribution in [-0.4, -0.2) is 12.0 Å². The van der Waals surface area contributed by atoms with E-state index in [1.807, 2.05) is 56.3 Å². The normalized spacial score (nSPS) is 11.8. The summed E-state index contributed by atoms with van der Waals surface area (Å²) in [5.74, 6) is 0.508. The fraction of sp³-hybridized carbons (Fsp3) is 0.235. The molecule has 0 aliphatic rings. The zero-order chi connectivity index (χ0) is 15.4. The molecule has 0 aliphatic heterocycles. The summed E-state index contributed by atoms with van der Waals surface area (Å²) < 4.78 is 6.61. The molecule has 1 N–H and O–H groups in total. The SMILES string of the molecule is Cc1ccc(C)c(NC(=O)C(C)Oc2ccc(Br)cc2)c1. The van der Waals surface area contributed by atoms with Crippen molar-refractivity contribution < 1.29 is 9.53 Å². The van der Waals surface area contributed by atoms with E-state index in [9.17, 15) is 4.79 Å². The van der Waals surface area contributed by atoms with E-state index in [4.69, 9.17) is 4.74 Å². The Morgan fingerprint density at radius 1 is 1.14 bits per heavy atom. The molecule has 21 heavy (non-hydrogen) atoms. The highest BCUT2D eigenvalue weighted by Gasteiger charge is 2.15. The van der Waals surface area contributed by atoms with Crippen molar-refractivity contribution in [1.29, 1.82) is 0 Å². The summed E-state index contributed by atoms with van der Waals surface area (Å²) in [7, 11) is 0. The number of ether oxygens (including phenoxy) is 1. The fourth-order valence-corrected chi connectivity index (χ4v) is 2.14. The molecule has 0 spiro atoms. The molecule has 2 aromatic rings. The first-order valence-electron chi connectivity index (χ1n) is 6.76. The zero-order valence-electron chi connectivity index (χ0n) is 12.3. The monoisotopic (exact) mass is 347 g/mol. The number of amides is 1. The van der Waals surface area contributed by atoms with Gasteiger partial charge in [-0.2, -0.15) is 0 Å². The van der Waals surface area contributed by atoms with E-state index >= 15 is 0 Å². The third kappa shape index (κ3) is 4.33. The van der Waals surface area contributed by atoms with Gasteiger partial charge in [-0.3, -0.25) is 4.79 Å². The smallest absolute Gasteiger partial charge is 0.265 e. The van der Waals surface area contributed by atoms with Crippen LogP contribution in [-0.2, 0) is 4.79 Å². The molecule has 0 fully saturated rings. The van der Waals surface area contributed by atoms with Crippen LogP contribution >= 0.6 is 15.9 Å². The van der Waals surface area contributed by atoms with Gasteiger partial charge in [-0.05, 0) is 62.2 Å². The Bertz CT molecular complexity index is 638. The third-order valence-electron chi connectivity index (χ3n) is 3.15. The van der Waals surface area contributed by atoms with Gasteiger partial charge in [0.25, 0.3) is 5.91 Å². The molecule has 2 aromatic carbocycles. The van der Waals surface area contributed by atoms with Crippen LogP contribution in [0.25, 0.3) is 0 Å². The molecule has 0 heterocycles. The van der Waals surface area contributed by atoms with Crippen molar-refractivity contribution in [3.63, 3.8) is 0 Å². The van der Waals surface area contributed by atoms with Crippen molar-refractivity contribution in [2.24, 2.45) is 0 Å². The lowest BCUT2D eigenvalue weighted by molar-refractivity contribution is -0.122. The second kappa shape index (κ2) is 6.76. The van der Waals surface area contributed by atoms with Crippen molar-refractivity contribution in [2.45, 2.75) is 26.9 Å². The van der Waals surface area contributed by atoms with Crippen LogP contribution in [0.2, 0.25) is 0 Å². The summed E-state index contributed by atoms with van der Waals surface area (Å²) >= 11 is 3.36. The number of carbonyl (C=O) groups excluding carboxylic acids is 1. The summed E-state index contributed by atoms with van der Waals surface area (Å²) in [6.07, 6.45) is -0.564. The molecule has 110 valence electrons. The third-order valence-corrected chi connectivity index (χ3v) is 3.68. The van der Waals surface area contributed by atoms with Crippen LogP contribution in [0.15, 0.2) is 46.9 Å².